The number of anilines is 4. The van der Waals surface area contributed by atoms with Crippen LogP contribution in [0.1, 0.15) is 63.6 Å². The van der Waals surface area contributed by atoms with Gasteiger partial charge in [-0.3, -0.25) is 28.8 Å². The lowest BCUT2D eigenvalue weighted by molar-refractivity contribution is -0.127. The molecule has 21 heteroatoms. The molecule has 5 aromatic carbocycles. The fourth-order valence-electron chi connectivity index (χ4n) is 6.74. The summed E-state index contributed by atoms with van der Waals surface area (Å²) < 4.78 is 11.0. The van der Waals surface area contributed by atoms with E-state index < -0.39 is 52.7 Å². The largest absolute Gasteiger partial charge is 0.494 e. The second-order valence-electron chi connectivity index (χ2n) is 14.9. The van der Waals surface area contributed by atoms with Crippen molar-refractivity contribution in [3.05, 3.63) is 129 Å². The van der Waals surface area contributed by atoms with Crippen LogP contribution in [0.25, 0.3) is 0 Å². The second-order valence-corrected chi connectivity index (χ2v) is 17.1. The molecule has 0 aromatic heterocycles. The van der Waals surface area contributed by atoms with Crippen molar-refractivity contribution in [3.63, 3.8) is 0 Å². The van der Waals surface area contributed by atoms with Crippen molar-refractivity contribution in [3.8, 4) is 11.5 Å². The first-order chi connectivity index (χ1) is 33.0. The van der Waals surface area contributed by atoms with Crippen molar-refractivity contribution < 1.29 is 38.2 Å². The summed E-state index contributed by atoms with van der Waals surface area (Å²) in [4.78, 5) is 79.3. The van der Waals surface area contributed by atoms with Crippen LogP contribution in [0.4, 0.5) is 34.1 Å². The fraction of sp³-hybridized carbons (Fsp3) is 0.250. The highest BCUT2D eigenvalue weighted by molar-refractivity contribution is 6.37. The van der Waals surface area contributed by atoms with E-state index in [2.05, 4.69) is 41.7 Å². The van der Waals surface area contributed by atoms with Crippen molar-refractivity contribution in [1.29, 1.82) is 0 Å². The smallest absolute Gasteiger partial charge is 0.258 e. The summed E-state index contributed by atoms with van der Waals surface area (Å²) in [6, 6.07) is 20.4. The zero-order chi connectivity index (χ0) is 50.4. The Morgan fingerprint density at radius 3 is 1.42 bits per heavy atom. The molecule has 0 saturated carbocycles. The summed E-state index contributed by atoms with van der Waals surface area (Å²) in [5.74, 6) is -2.65. The molecule has 4 amide bonds. The first-order valence-electron chi connectivity index (χ1n) is 20.9. The van der Waals surface area contributed by atoms with Crippen molar-refractivity contribution in [2.45, 2.75) is 51.1 Å². The summed E-state index contributed by atoms with van der Waals surface area (Å²) in [5.41, 5.74) is 3.12. The minimum Gasteiger partial charge on any atom is -0.494 e. The number of carbonyl (C=O) groups is 6. The number of ketones is 2. The van der Waals surface area contributed by atoms with Crippen molar-refractivity contribution in [2.75, 3.05) is 47.2 Å². The molecule has 0 fully saturated rings. The first kappa shape index (κ1) is 53.5. The Bertz CT molecular complexity index is 2820. The van der Waals surface area contributed by atoms with Gasteiger partial charge in [0.15, 0.2) is 11.6 Å². The molecule has 0 radical (unpaired) electrons. The second kappa shape index (κ2) is 25.3. The lowest BCUT2D eigenvalue weighted by Crippen LogP contribution is -2.32. The van der Waals surface area contributed by atoms with Gasteiger partial charge in [0.1, 0.15) is 22.9 Å². The third-order valence-electron chi connectivity index (χ3n) is 10.1. The van der Waals surface area contributed by atoms with Gasteiger partial charge in [0.05, 0.1) is 52.1 Å². The van der Waals surface area contributed by atoms with Gasteiger partial charge in [0.2, 0.25) is 12.1 Å². The Morgan fingerprint density at radius 1 is 0.580 bits per heavy atom. The molecule has 0 spiro atoms. The maximum absolute atomic E-state index is 13.6. The molecule has 360 valence electrons. The van der Waals surface area contributed by atoms with Crippen LogP contribution in [-0.4, -0.2) is 73.3 Å². The van der Waals surface area contributed by atoms with Crippen LogP contribution in [0.15, 0.2) is 111 Å². The number of hydrogen-bond donors (Lipinski definition) is 4. The van der Waals surface area contributed by atoms with Gasteiger partial charge in [-0.2, -0.15) is 20.5 Å². The topological polar surface area (TPSA) is 218 Å². The normalized spacial score (nSPS) is 12.5. The maximum Gasteiger partial charge on any atom is 0.258 e. The zero-order valence-corrected chi connectivity index (χ0v) is 41.4. The predicted octanol–water partition coefficient (Wildman–Crippen LogP) is 11.7. The molecule has 0 aliphatic rings. The summed E-state index contributed by atoms with van der Waals surface area (Å²) in [5, 5.41) is 26.0. The molecule has 0 saturated heterocycles. The summed E-state index contributed by atoms with van der Waals surface area (Å²) in [6.45, 7) is 3.91. The van der Waals surface area contributed by atoms with Crippen LogP contribution in [0, 0.1) is 0 Å². The quantitative estimate of drug-likeness (QED) is 0.0314. The number of benzene rings is 5. The number of azo groups is 2. The predicted molar refractivity (Wildman–Crippen MR) is 270 cm³/mol. The van der Waals surface area contributed by atoms with Crippen LogP contribution in [0.5, 0.6) is 11.5 Å². The molecule has 0 heterocycles. The van der Waals surface area contributed by atoms with Crippen LogP contribution >= 0.6 is 58.0 Å². The van der Waals surface area contributed by atoms with Gasteiger partial charge in [-0.1, -0.05) is 59.6 Å². The molecule has 5 aromatic rings. The highest BCUT2D eigenvalue weighted by Gasteiger charge is 2.27. The number of nitrogens with one attached hydrogen (secondary N) is 4. The Balaban J connectivity index is 1.29. The number of rotatable bonds is 21. The van der Waals surface area contributed by atoms with E-state index in [-0.39, 0.29) is 43.9 Å². The number of amides is 4. The number of carbonyl (C=O) groups excluding carboxylic acids is 6. The third-order valence-corrected chi connectivity index (χ3v) is 11.5. The fourth-order valence-corrected chi connectivity index (χ4v) is 7.83. The third kappa shape index (κ3) is 13.6. The van der Waals surface area contributed by atoms with Gasteiger partial charge in [0.25, 0.3) is 23.6 Å². The van der Waals surface area contributed by atoms with Crippen molar-refractivity contribution >= 4 is 127 Å². The summed E-state index contributed by atoms with van der Waals surface area (Å²) in [7, 11) is 2.95. The average molecular weight is 1040 g/mol. The van der Waals surface area contributed by atoms with Gasteiger partial charge in [-0.05, 0) is 105 Å². The minimum absolute atomic E-state index is 0.00592. The SMILES string of the molecule is COc1c(CCCl)cccc1NC(=O)c1cccc(N=NC(C(C)=O)C(=O)Nc2ccc(NC(=O)C(N=Nc3cccc(C(=O)Nc4cccc(CCCl)c4OC)c3Cl)C(C)=O)c(C(C)Cl)c2)c1Cl. The number of halogens is 5. The van der Waals surface area contributed by atoms with Gasteiger partial charge in [0, 0.05) is 23.1 Å². The van der Waals surface area contributed by atoms with Crippen LogP contribution in [-0.2, 0) is 32.0 Å². The number of ether oxygens (including phenoxy) is 2. The van der Waals surface area contributed by atoms with Crippen LogP contribution in [0.3, 0.4) is 0 Å². The number of methoxy groups -OCH3 is 2. The number of Topliss-reactive ketones (excluding diaryl/α,β-unsaturated/α-hetero) is 2. The number of alkyl halides is 3. The monoisotopic (exact) mass is 1040 g/mol. The number of nitrogens with zero attached hydrogens (tertiary/aromatic N) is 4. The van der Waals surface area contributed by atoms with Gasteiger partial charge >= 0.3 is 0 Å². The highest BCUT2D eigenvalue weighted by atomic mass is 35.5. The van der Waals surface area contributed by atoms with Crippen molar-refractivity contribution in [2.24, 2.45) is 20.5 Å². The number of hydrogen-bond acceptors (Lipinski definition) is 12. The first-order valence-corrected chi connectivity index (χ1v) is 23.1. The van der Waals surface area contributed by atoms with Crippen LogP contribution in [0.2, 0.25) is 10.0 Å². The molecule has 16 nitrogen and oxygen atoms in total. The molecule has 69 heavy (non-hydrogen) atoms. The lowest BCUT2D eigenvalue weighted by atomic mass is 10.1. The molecule has 0 bridgehead atoms. The molecule has 3 atom stereocenters. The van der Waals surface area contributed by atoms with E-state index in [1.165, 1.54) is 68.8 Å². The standard InChI is InChI=1S/C48H45Cl5N8O8/c1-25(51)33-24-30(54-47(66)41(26(2)62)60-58-35-14-8-12-31(39(35)52)45(64)56-37-16-6-10-28(20-22-49)43(37)68-4)18-19-34(33)55-48(67)42(27(3)63)61-59-36-15-9-13-32(40(36)53)46(65)57-38-17-7-11-29(21-23-50)44(38)69-5/h6-19,24-25,41-42H,20-23H2,1-5H3,(H,54,66)(H,55,67)(H,56,64)(H,57,65). The molecule has 0 aliphatic heterocycles. The Hall–Kier alpha value is -6.43. The van der Waals surface area contributed by atoms with Gasteiger partial charge < -0.3 is 30.7 Å². The number of aryl methyl sites for hydroxylation is 2. The summed E-state index contributed by atoms with van der Waals surface area (Å²) >= 11 is 31.6. The summed E-state index contributed by atoms with van der Waals surface area (Å²) in [6.07, 6.45) is 1.02. The average Bonchev–Trinajstić information content (AvgIpc) is 3.30. The molecule has 0 aliphatic carbocycles. The van der Waals surface area contributed by atoms with E-state index in [1.54, 1.807) is 31.2 Å². The molecule has 3 unspecified atom stereocenters. The maximum atomic E-state index is 13.6. The Morgan fingerprint density at radius 2 is 1.01 bits per heavy atom. The van der Waals surface area contributed by atoms with Gasteiger partial charge in [-0.25, -0.2) is 0 Å². The van der Waals surface area contributed by atoms with Crippen LogP contribution < -0.4 is 30.7 Å². The molecule has 4 N–H and O–H groups in total. The Kier molecular flexibility index (Phi) is 19.6. The minimum atomic E-state index is -1.66. The van der Waals surface area contributed by atoms with E-state index in [4.69, 9.17) is 67.5 Å². The Labute approximate surface area is 422 Å². The molecular weight excluding hydrogens is 994 g/mol. The van der Waals surface area contributed by atoms with E-state index in [9.17, 15) is 28.8 Å². The van der Waals surface area contributed by atoms with E-state index >= 15 is 0 Å². The van der Waals surface area contributed by atoms with Gasteiger partial charge in [-0.15, -0.1) is 34.8 Å². The van der Waals surface area contributed by atoms with Crippen molar-refractivity contribution in [1.82, 2.24) is 0 Å². The number of para-hydroxylation sites is 2. The van der Waals surface area contributed by atoms with E-state index in [0.717, 1.165) is 25.0 Å². The van der Waals surface area contributed by atoms with E-state index in [0.29, 0.717) is 53.0 Å². The zero-order valence-electron chi connectivity index (χ0n) is 37.7. The highest BCUT2D eigenvalue weighted by Crippen LogP contribution is 2.36. The van der Waals surface area contributed by atoms with E-state index in [1.807, 2.05) is 12.1 Å². The molecule has 5 rings (SSSR count). The molecular formula is C48H45Cl5N8O8. The lowest BCUT2D eigenvalue weighted by Gasteiger charge is -2.17.